The van der Waals surface area contributed by atoms with Crippen molar-refractivity contribution in [1.82, 2.24) is 20.6 Å². The first-order valence-electron chi connectivity index (χ1n) is 15.3. The lowest BCUT2D eigenvalue weighted by Gasteiger charge is -2.20. The molecule has 1 unspecified atom stereocenters. The second-order valence-corrected chi connectivity index (χ2v) is 12.4. The molecule has 1 aliphatic carbocycles. The van der Waals surface area contributed by atoms with Gasteiger partial charge in [0, 0.05) is 31.0 Å². The Bertz CT molecular complexity index is 1700. The fourth-order valence-corrected chi connectivity index (χ4v) is 7.78. The summed E-state index contributed by atoms with van der Waals surface area (Å²) in [5, 5.41) is 7.19. The van der Waals surface area contributed by atoms with Crippen LogP contribution in [0.5, 0.6) is 0 Å². The zero-order valence-corrected chi connectivity index (χ0v) is 23.3. The number of aromatic nitrogens is 2. The maximum absolute atomic E-state index is 6.27. The predicted molar refractivity (Wildman–Crippen MR) is 161 cm³/mol. The SMILES string of the molecule is c1cc2c(cc1-c1ccc(-c3ccc4nc(C5CCCN5)[nH]c4c3)c3c1CC1(C3)OCCO1)CC([C@@H]1CCCN1)=N2. The molecule has 208 valence electrons. The lowest BCUT2D eigenvalue weighted by atomic mass is 9.89. The van der Waals surface area contributed by atoms with Gasteiger partial charge in [-0.15, -0.1) is 0 Å². The molecule has 1 spiro atoms. The Morgan fingerprint density at radius 3 is 2.22 bits per heavy atom. The lowest BCUT2D eigenvalue weighted by molar-refractivity contribution is -0.147. The Kier molecular flexibility index (Phi) is 5.52. The second-order valence-electron chi connectivity index (χ2n) is 12.4. The van der Waals surface area contributed by atoms with Crippen molar-refractivity contribution < 1.29 is 9.47 Å². The van der Waals surface area contributed by atoms with Gasteiger partial charge in [0.25, 0.3) is 0 Å². The van der Waals surface area contributed by atoms with Gasteiger partial charge in [-0.25, -0.2) is 4.98 Å². The van der Waals surface area contributed by atoms with Crippen LogP contribution in [0, 0.1) is 0 Å². The van der Waals surface area contributed by atoms with Crippen LogP contribution in [0.15, 0.2) is 53.5 Å². The second kappa shape index (κ2) is 9.33. The first-order chi connectivity index (χ1) is 20.2. The van der Waals surface area contributed by atoms with Crippen molar-refractivity contribution in [2.45, 2.75) is 62.8 Å². The molecule has 3 N–H and O–H groups in total. The largest absolute Gasteiger partial charge is 0.347 e. The summed E-state index contributed by atoms with van der Waals surface area (Å²) in [7, 11) is 0. The Labute approximate surface area is 239 Å². The zero-order chi connectivity index (χ0) is 27.0. The van der Waals surface area contributed by atoms with Crippen molar-refractivity contribution in [1.29, 1.82) is 0 Å². The number of hydrogen-bond donors (Lipinski definition) is 3. The van der Waals surface area contributed by atoms with E-state index in [2.05, 4.69) is 64.1 Å². The number of nitrogens with zero attached hydrogens (tertiary/aromatic N) is 2. The van der Waals surface area contributed by atoms with Crippen LogP contribution >= 0.6 is 0 Å². The van der Waals surface area contributed by atoms with Crippen molar-refractivity contribution in [3.8, 4) is 22.3 Å². The smallest absolute Gasteiger partial charge is 0.176 e. The summed E-state index contributed by atoms with van der Waals surface area (Å²) in [5.41, 5.74) is 13.6. The normalized spacial score (nSPS) is 24.4. The van der Waals surface area contributed by atoms with Crippen molar-refractivity contribution >= 4 is 22.4 Å². The van der Waals surface area contributed by atoms with Gasteiger partial charge in [-0.05, 0) is 102 Å². The van der Waals surface area contributed by atoms with E-state index in [1.807, 2.05) is 0 Å². The highest BCUT2D eigenvalue weighted by Crippen LogP contribution is 2.46. The standard InChI is InChI=1S/C34H35N5O2/c1-3-28(35-11-1)31-17-22-15-20(5-9-27(22)37-31)23-7-8-24(26-19-34(18-25(23)26)40-13-14-41-34)21-6-10-29-32(16-21)39-33(38-29)30-4-2-12-36-30/h5-10,15-16,28,30,35-36H,1-4,11-14,17-19H2,(H,38,39)/t28-,30?/m0/s1. The molecule has 0 radical (unpaired) electrons. The number of imidazole rings is 1. The number of aliphatic imine (C=N–C) groups is 1. The molecule has 7 nitrogen and oxygen atoms in total. The van der Waals surface area contributed by atoms with Crippen molar-refractivity contribution in [3.05, 3.63) is 71.0 Å². The molecule has 0 amide bonds. The van der Waals surface area contributed by atoms with Crippen LogP contribution in [-0.4, -0.2) is 53.8 Å². The molecule has 3 saturated heterocycles. The Morgan fingerprint density at radius 2 is 1.49 bits per heavy atom. The number of benzene rings is 3. The number of fused-ring (bicyclic) bond motifs is 3. The first kappa shape index (κ1) is 24.3. The van der Waals surface area contributed by atoms with E-state index in [0.29, 0.717) is 25.3 Å². The minimum atomic E-state index is -0.548. The average Bonchev–Trinajstić information content (AvgIpc) is 3.83. The quantitative estimate of drug-likeness (QED) is 0.314. The molecule has 41 heavy (non-hydrogen) atoms. The van der Waals surface area contributed by atoms with E-state index < -0.39 is 5.79 Å². The molecule has 7 heteroatoms. The Morgan fingerprint density at radius 1 is 0.780 bits per heavy atom. The Hall–Kier alpha value is -3.36. The molecular weight excluding hydrogens is 510 g/mol. The fraction of sp³-hybridized carbons (Fsp3) is 0.412. The van der Waals surface area contributed by atoms with Gasteiger partial charge in [0.05, 0.1) is 36.0 Å². The summed E-state index contributed by atoms with van der Waals surface area (Å²) in [6, 6.07) is 18.8. The number of nitrogens with one attached hydrogen (secondary N) is 3. The van der Waals surface area contributed by atoms with Gasteiger partial charge >= 0.3 is 0 Å². The molecule has 2 atom stereocenters. The van der Waals surface area contributed by atoms with Crippen molar-refractivity contribution in [3.63, 3.8) is 0 Å². The van der Waals surface area contributed by atoms with Crippen LogP contribution in [-0.2, 0) is 28.7 Å². The van der Waals surface area contributed by atoms with Gasteiger partial charge in [-0.3, -0.25) is 4.99 Å². The number of hydrogen-bond acceptors (Lipinski definition) is 6. The summed E-state index contributed by atoms with van der Waals surface area (Å²) in [5.74, 6) is 0.502. The first-order valence-corrected chi connectivity index (χ1v) is 15.3. The van der Waals surface area contributed by atoms with Crippen LogP contribution in [0.4, 0.5) is 5.69 Å². The Balaban J connectivity index is 1.10. The van der Waals surface area contributed by atoms with E-state index in [4.69, 9.17) is 19.5 Å². The number of ether oxygens (including phenoxy) is 2. The van der Waals surface area contributed by atoms with Crippen LogP contribution in [0.1, 0.15) is 54.2 Å². The van der Waals surface area contributed by atoms with E-state index in [0.717, 1.165) is 61.3 Å². The zero-order valence-electron chi connectivity index (χ0n) is 23.3. The minimum Gasteiger partial charge on any atom is -0.347 e. The third-order valence-corrected chi connectivity index (χ3v) is 9.83. The van der Waals surface area contributed by atoms with Gasteiger partial charge in [-0.1, -0.05) is 24.3 Å². The number of rotatable bonds is 4. The highest BCUT2D eigenvalue weighted by molar-refractivity contribution is 5.98. The number of H-pyrrole nitrogens is 1. The summed E-state index contributed by atoms with van der Waals surface area (Å²) in [6.07, 6.45) is 7.27. The van der Waals surface area contributed by atoms with Gasteiger partial charge in [0.1, 0.15) is 5.82 Å². The van der Waals surface area contributed by atoms with Gasteiger partial charge in [-0.2, -0.15) is 0 Å². The molecule has 5 aliphatic rings. The van der Waals surface area contributed by atoms with Crippen molar-refractivity contribution in [2.24, 2.45) is 4.99 Å². The molecular formula is C34H35N5O2. The van der Waals surface area contributed by atoms with E-state index in [-0.39, 0.29) is 0 Å². The van der Waals surface area contributed by atoms with E-state index >= 15 is 0 Å². The summed E-state index contributed by atoms with van der Waals surface area (Å²) in [4.78, 5) is 13.5. The van der Waals surface area contributed by atoms with Gasteiger partial charge in [0.2, 0.25) is 0 Å². The molecule has 3 fully saturated rings. The molecule has 3 aromatic carbocycles. The van der Waals surface area contributed by atoms with E-state index in [1.165, 1.54) is 63.9 Å². The van der Waals surface area contributed by atoms with E-state index in [9.17, 15) is 0 Å². The molecule has 0 bridgehead atoms. The van der Waals surface area contributed by atoms with Crippen LogP contribution in [0.25, 0.3) is 33.3 Å². The maximum Gasteiger partial charge on any atom is 0.176 e. The third kappa shape index (κ3) is 4.02. The third-order valence-electron chi connectivity index (χ3n) is 9.83. The summed E-state index contributed by atoms with van der Waals surface area (Å²) >= 11 is 0. The number of aromatic amines is 1. The highest BCUT2D eigenvalue weighted by atomic mass is 16.7. The fourth-order valence-electron chi connectivity index (χ4n) is 7.78. The topological polar surface area (TPSA) is 83.6 Å². The summed E-state index contributed by atoms with van der Waals surface area (Å²) in [6.45, 7) is 3.48. The molecule has 9 rings (SSSR count). The van der Waals surface area contributed by atoms with E-state index in [1.54, 1.807) is 0 Å². The lowest BCUT2D eigenvalue weighted by Crippen LogP contribution is -2.30. The monoisotopic (exact) mass is 545 g/mol. The van der Waals surface area contributed by atoms with Crippen LogP contribution < -0.4 is 10.6 Å². The van der Waals surface area contributed by atoms with Gasteiger partial charge in [0.15, 0.2) is 5.79 Å². The molecule has 1 aromatic heterocycles. The highest BCUT2D eigenvalue weighted by Gasteiger charge is 2.44. The molecule has 0 saturated carbocycles. The predicted octanol–water partition coefficient (Wildman–Crippen LogP) is 5.54. The average molecular weight is 546 g/mol. The minimum absolute atomic E-state index is 0.328. The van der Waals surface area contributed by atoms with Crippen LogP contribution in [0.2, 0.25) is 0 Å². The van der Waals surface area contributed by atoms with Crippen molar-refractivity contribution in [2.75, 3.05) is 26.3 Å². The van der Waals surface area contributed by atoms with Crippen LogP contribution in [0.3, 0.4) is 0 Å². The molecule has 4 aromatic rings. The van der Waals surface area contributed by atoms with Gasteiger partial charge < -0.3 is 25.1 Å². The molecule has 5 heterocycles. The molecule has 4 aliphatic heterocycles. The maximum atomic E-state index is 6.27. The summed E-state index contributed by atoms with van der Waals surface area (Å²) < 4.78 is 12.5.